The molecule has 0 bridgehead atoms. The van der Waals surface area contributed by atoms with Gasteiger partial charge in [-0.15, -0.1) is 0 Å². The van der Waals surface area contributed by atoms with E-state index in [2.05, 4.69) is 11.7 Å². The van der Waals surface area contributed by atoms with E-state index in [0.717, 1.165) is 0 Å². The monoisotopic (exact) mass is 145 g/mol. The molecule has 0 aromatic carbocycles. The van der Waals surface area contributed by atoms with Gasteiger partial charge in [-0.1, -0.05) is 6.92 Å². The third kappa shape index (κ3) is 3.45. The fourth-order valence-electron chi connectivity index (χ4n) is 0.429. The normalized spacial score (nSPS) is 13.3. The molecule has 1 atom stereocenters. The number of hydrogen-bond acceptors (Lipinski definition) is 3. The topological polar surface area (TPSA) is 46.5 Å². The highest BCUT2D eigenvalue weighted by molar-refractivity contribution is 5.74. The second-order valence-corrected chi connectivity index (χ2v) is 2.29. The van der Waals surface area contributed by atoms with E-state index in [1.165, 1.54) is 0 Å². The van der Waals surface area contributed by atoms with Gasteiger partial charge in [-0.2, -0.15) is 0 Å². The van der Waals surface area contributed by atoms with Crippen molar-refractivity contribution in [2.75, 3.05) is 0 Å². The molecular formula is C7H13O3. The van der Waals surface area contributed by atoms with Crippen LogP contribution in [0.4, 0.5) is 0 Å². The van der Waals surface area contributed by atoms with Gasteiger partial charge in [-0.3, -0.25) is 0 Å². The number of carbonyl (C=O) groups excluding carboxylic acids is 1. The van der Waals surface area contributed by atoms with Gasteiger partial charge in [-0.05, 0) is 20.3 Å². The number of aliphatic hydroxyl groups excluding tert-OH is 1. The minimum Gasteiger partial charge on any atom is -0.461 e. The molecule has 0 spiro atoms. The van der Waals surface area contributed by atoms with E-state index >= 15 is 0 Å². The Bertz CT molecular complexity index is 109. The second-order valence-electron chi connectivity index (χ2n) is 2.29. The molecule has 0 saturated carbocycles. The first-order valence-corrected chi connectivity index (χ1v) is 3.25. The molecule has 3 nitrogen and oxygen atoms in total. The van der Waals surface area contributed by atoms with Crippen molar-refractivity contribution in [1.29, 1.82) is 0 Å². The quantitative estimate of drug-likeness (QED) is 0.589. The summed E-state index contributed by atoms with van der Waals surface area (Å²) in [5.41, 5.74) is 0. The smallest absolute Gasteiger partial charge is 0.335 e. The minimum atomic E-state index is -1.07. The van der Waals surface area contributed by atoms with Crippen LogP contribution < -0.4 is 0 Å². The van der Waals surface area contributed by atoms with Gasteiger partial charge < -0.3 is 9.84 Å². The largest absolute Gasteiger partial charge is 0.461 e. The van der Waals surface area contributed by atoms with Gasteiger partial charge in [0.15, 0.2) is 6.10 Å². The number of rotatable bonds is 3. The molecule has 59 valence electrons. The van der Waals surface area contributed by atoms with Gasteiger partial charge >= 0.3 is 5.97 Å². The molecule has 0 aliphatic rings. The molecule has 1 N–H and O–H groups in total. The standard InChI is InChI=1S/C7H13O3/c1-4-6(8)7(9)10-5(2)3/h5-6,8H,1,4H2,2-3H3. The number of ether oxygens (including phenoxy) is 1. The molecule has 0 rings (SSSR count). The predicted molar refractivity (Wildman–Crippen MR) is 37.2 cm³/mol. The number of esters is 1. The Kier molecular flexibility index (Phi) is 4.03. The van der Waals surface area contributed by atoms with Crippen LogP contribution >= 0.6 is 0 Å². The summed E-state index contributed by atoms with van der Waals surface area (Å²) in [6, 6.07) is 0. The Morgan fingerprint density at radius 2 is 2.20 bits per heavy atom. The van der Waals surface area contributed by atoms with Crippen LogP contribution in [0.3, 0.4) is 0 Å². The zero-order valence-electron chi connectivity index (χ0n) is 6.33. The van der Waals surface area contributed by atoms with Crippen molar-refractivity contribution in [2.24, 2.45) is 0 Å². The number of hydrogen-bond donors (Lipinski definition) is 1. The summed E-state index contributed by atoms with van der Waals surface area (Å²) in [5, 5.41) is 8.84. The molecule has 3 heteroatoms. The summed E-state index contributed by atoms with van der Waals surface area (Å²) < 4.78 is 4.67. The first-order chi connectivity index (χ1) is 4.57. The van der Waals surface area contributed by atoms with Crippen molar-refractivity contribution >= 4 is 5.97 Å². The molecule has 0 aromatic rings. The van der Waals surface area contributed by atoms with Crippen molar-refractivity contribution in [2.45, 2.75) is 32.5 Å². The molecule has 0 saturated heterocycles. The Labute approximate surface area is 61.0 Å². The summed E-state index contributed by atoms with van der Waals surface area (Å²) in [7, 11) is 0. The molecule has 0 amide bonds. The molecule has 0 aromatic heterocycles. The molecule has 0 aliphatic heterocycles. The molecule has 1 unspecified atom stereocenters. The fraction of sp³-hybridized carbons (Fsp3) is 0.714. The van der Waals surface area contributed by atoms with Crippen molar-refractivity contribution in [3.63, 3.8) is 0 Å². The zero-order chi connectivity index (χ0) is 8.15. The van der Waals surface area contributed by atoms with Gasteiger partial charge in [0.25, 0.3) is 0 Å². The van der Waals surface area contributed by atoms with Crippen LogP contribution in [-0.2, 0) is 9.53 Å². The van der Waals surface area contributed by atoms with Crippen LogP contribution in [0.25, 0.3) is 0 Å². The van der Waals surface area contributed by atoms with Gasteiger partial charge in [0, 0.05) is 0 Å². The van der Waals surface area contributed by atoms with E-state index in [4.69, 9.17) is 5.11 Å². The number of carbonyl (C=O) groups is 1. The first-order valence-electron chi connectivity index (χ1n) is 3.25. The Balaban J connectivity index is 3.62. The average molecular weight is 145 g/mol. The lowest BCUT2D eigenvalue weighted by atomic mass is 10.3. The summed E-state index contributed by atoms with van der Waals surface area (Å²) in [6.07, 6.45) is -1.08. The van der Waals surface area contributed by atoms with E-state index in [0.29, 0.717) is 0 Å². The molecule has 1 radical (unpaired) electrons. The molecule has 0 fully saturated rings. The van der Waals surface area contributed by atoms with Crippen molar-refractivity contribution < 1.29 is 14.6 Å². The molecule has 0 aliphatic carbocycles. The summed E-state index contributed by atoms with van der Waals surface area (Å²) >= 11 is 0. The third-order valence-electron chi connectivity index (χ3n) is 0.897. The fourth-order valence-corrected chi connectivity index (χ4v) is 0.429. The van der Waals surface area contributed by atoms with Crippen molar-refractivity contribution in [1.82, 2.24) is 0 Å². The van der Waals surface area contributed by atoms with Gasteiger partial charge in [-0.25, -0.2) is 4.79 Å². The minimum absolute atomic E-state index is 0.158. The van der Waals surface area contributed by atoms with E-state index in [-0.39, 0.29) is 12.5 Å². The summed E-state index contributed by atoms with van der Waals surface area (Å²) in [4.78, 5) is 10.7. The maximum absolute atomic E-state index is 10.7. The van der Waals surface area contributed by atoms with Crippen molar-refractivity contribution in [3.8, 4) is 0 Å². The third-order valence-corrected chi connectivity index (χ3v) is 0.897. The number of aliphatic hydroxyl groups is 1. The van der Waals surface area contributed by atoms with Crippen LogP contribution in [0.5, 0.6) is 0 Å². The van der Waals surface area contributed by atoms with Crippen LogP contribution in [0.1, 0.15) is 20.3 Å². The zero-order valence-corrected chi connectivity index (χ0v) is 6.33. The molecule has 0 heterocycles. The highest BCUT2D eigenvalue weighted by Crippen LogP contribution is 1.96. The molecule has 10 heavy (non-hydrogen) atoms. The SMILES string of the molecule is [CH2]CC(O)C(=O)OC(C)C. The maximum Gasteiger partial charge on any atom is 0.335 e. The van der Waals surface area contributed by atoms with Gasteiger partial charge in [0.2, 0.25) is 0 Å². The predicted octanol–water partition coefficient (Wildman–Crippen LogP) is 0.523. The van der Waals surface area contributed by atoms with E-state index in [1.54, 1.807) is 13.8 Å². The average Bonchev–Trinajstić information content (AvgIpc) is 1.85. The van der Waals surface area contributed by atoms with Crippen LogP contribution in [-0.4, -0.2) is 23.3 Å². The Morgan fingerprint density at radius 3 is 2.50 bits per heavy atom. The van der Waals surface area contributed by atoms with Crippen LogP contribution in [0, 0.1) is 6.92 Å². The lowest BCUT2D eigenvalue weighted by Gasteiger charge is -2.10. The van der Waals surface area contributed by atoms with E-state index < -0.39 is 12.1 Å². The first kappa shape index (κ1) is 9.43. The lowest BCUT2D eigenvalue weighted by molar-refractivity contribution is -0.157. The highest BCUT2D eigenvalue weighted by atomic mass is 16.6. The summed E-state index contributed by atoms with van der Waals surface area (Å²) in [5.74, 6) is -0.593. The lowest BCUT2D eigenvalue weighted by Crippen LogP contribution is -2.24. The maximum atomic E-state index is 10.7. The Morgan fingerprint density at radius 1 is 1.70 bits per heavy atom. The Hall–Kier alpha value is -0.570. The second kappa shape index (κ2) is 4.28. The van der Waals surface area contributed by atoms with Gasteiger partial charge in [0.1, 0.15) is 0 Å². The van der Waals surface area contributed by atoms with Crippen LogP contribution in [0.15, 0.2) is 0 Å². The van der Waals surface area contributed by atoms with Crippen LogP contribution in [0.2, 0.25) is 0 Å². The van der Waals surface area contributed by atoms with E-state index in [1.807, 2.05) is 0 Å². The van der Waals surface area contributed by atoms with E-state index in [9.17, 15) is 4.79 Å². The summed E-state index contributed by atoms with van der Waals surface area (Å²) in [6.45, 7) is 6.82. The highest BCUT2D eigenvalue weighted by Gasteiger charge is 2.14. The molecular weight excluding hydrogens is 132 g/mol. The van der Waals surface area contributed by atoms with Gasteiger partial charge in [0.05, 0.1) is 6.10 Å². The van der Waals surface area contributed by atoms with Crippen molar-refractivity contribution in [3.05, 3.63) is 6.92 Å².